The van der Waals surface area contributed by atoms with E-state index in [1.165, 1.54) is 33.0 Å². The number of benzene rings is 4. The second kappa shape index (κ2) is 6.63. The van der Waals surface area contributed by atoms with Gasteiger partial charge in [-0.3, -0.25) is 0 Å². The van der Waals surface area contributed by atoms with Gasteiger partial charge in [0.05, 0.1) is 0 Å². The summed E-state index contributed by atoms with van der Waals surface area (Å²) in [6, 6.07) is 26.6. The first kappa shape index (κ1) is 18.7. The van der Waals surface area contributed by atoms with Crippen LogP contribution in [-0.2, 0) is 5.41 Å². The van der Waals surface area contributed by atoms with Crippen molar-refractivity contribution in [3.8, 4) is 0 Å². The van der Waals surface area contributed by atoms with E-state index in [-0.39, 0.29) is 5.41 Å². The minimum Gasteiger partial charge on any atom is -0.399 e. The highest BCUT2D eigenvalue weighted by atomic mass is 14.6. The molecule has 1 aliphatic rings. The molecule has 0 amide bonds. The monoisotopic (exact) mass is 392 g/mol. The van der Waals surface area contributed by atoms with E-state index in [1.807, 2.05) is 0 Å². The fraction of sp³-hybridized carbons (Fsp3) is 0.214. The van der Waals surface area contributed by atoms with Gasteiger partial charge < -0.3 is 11.5 Å². The second-order valence-corrected chi connectivity index (χ2v) is 8.94. The molecule has 1 aliphatic carbocycles. The van der Waals surface area contributed by atoms with Crippen LogP contribution in [0.2, 0.25) is 0 Å². The molecule has 0 radical (unpaired) electrons. The quantitative estimate of drug-likeness (QED) is 0.384. The fourth-order valence-electron chi connectivity index (χ4n) is 5.31. The number of fused-ring (bicyclic) bond motifs is 2. The van der Waals surface area contributed by atoms with Crippen LogP contribution in [0.15, 0.2) is 72.8 Å². The van der Waals surface area contributed by atoms with E-state index in [1.54, 1.807) is 0 Å². The first-order valence-corrected chi connectivity index (χ1v) is 10.7. The minimum atomic E-state index is -0.213. The van der Waals surface area contributed by atoms with Crippen LogP contribution in [0.1, 0.15) is 52.6 Å². The van der Waals surface area contributed by atoms with Crippen LogP contribution in [0.4, 0.5) is 11.4 Å². The molecule has 5 rings (SSSR count). The third-order valence-electron chi connectivity index (χ3n) is 7.05. The van der Waals surface area contributed by atoms with Gasteiger partial charge in [-0.1, -0.05) is 61.5 Å². The smallest absolute Gasteiger partial charge is 0.0460 e. The second-order valence-electron chi connectivity index (χ2n) is 8.94. The summed E-state index contributed by atoms with van der Waals surface area (Å²) in [4.78, 5) is 0. The first-order chi connectivity index (χ1) is 14.4. The standard InChI is InChI=1S/C28H28N2/c1-17-12-22(8-10-26(17)29)28(23-9-11-27(30)18(2)13-23)16-19(3)24-14-20-6-4-5-7-21(20)15-25(24)28/h4-15,19H,16,29-30H2,1-3H3. The highest BCUT2D eigenvalue weighted by molar-refractivity contribution is 5.86. The van der Waals surface area contributed by atoms with Gasteiger partial charge in [0, 0.05) is 16.8 Å². The van der Waals surface area contributed by atoms with Crippen molar-refractivity contribution >= 4 is 22.1 Å². The third kappa shape index (κ3) is 2.64. The summed E-state index contributed by atoms with van der Waals surface area (Å²) in [7, 11) is 0. The Kier molecular flexibility index (Phi) is 4.14. The normalized spacial score (nSPS) is 17.2. The van der Waals surface area contributed by atoms with Gasteiger partial charge in [0.1, 0.15) is 0 Å². The molecule has 0 aromatic heterocycles. The van der Waals surface area contributed by atoms with Gasteiger partial charge in [-0.05, 0) is 88.5 Å². The van der Waals surface area contributed by atoms with Crippen molar-refractivity contribution in [1.29, 1.82) is 0 Å². The van der Waals surface area contributed by atoms with Crippen LogP contribution in [0.5, 0.6) is 0 Å². The predicted octanol–water partition coefficient (Wildman–Crippen LogP) is 6.46. The van der Waals surface area contributed by atoms with Crippen molar-refractivity contribution in [1.82, 2.24) is 0 Å². The van der Waals surface area contributed by atoms with Gasteiger partial charge in [-0.25, -0.2) is 0 Å². The van der Waals surface area contributed by atoms with Crippen LogP contribution in [-0.4, -0.2) is 0 Å². The maximum absolute atomic E-state index is 6.19. The average molecular weight is 393 g/mol. The molecule has 150 valence electrons. The lowest BCUT2D eigenvalue weighted by Gasteiger charge is -2.33. The maximum atomic E-state index is 6.19. The zero-order valence-corrected chi connectivity index (χ0v) is 17.9. The van der Waals surface area contributed by atoms with E-state index in [2.05, 4.69) is 93.6 Å². The zero-order chi connectivity index (χ0) is 21.0. The van der Waals surface area contributed by atoms with E-state index < -0.39 is 0 Å². The van der Waals surface area contributed by atoms with E-state index in [4.69, 9.17) is 11.5 Å². The predicted molar refractivity (Wildman–Crippen MR) is 128 cm³/mol. The number of nitrogens with two attached hydrogens (primary N) is 2. The SMILES string of the molecule is Cc1cc(C2(c3ccc(N)c(C)c3)CC(C)c3cc4ccccc4cc32)ccc1N. The molecule has 0 saturated carbocycles. The molecule has 1 atom stereocenters. The van der Waals surface area contributed by atoms with Gasteiger partial charge >= 0.3 is 0 Å². The summed E-state index contributed by atoms with van der Waals surface area (Å²) >= 11 is 0. The lowest BCUT2D eigenvalue weighted by Crippen LogP contribution is -2.27. The van der Waals surface area contributed by atoms with Crippen LogP contribution < -0.4 is 11.5 Å². The van der Waals surface area contributed by atoms with Crippen LogP contribution in [0, 0.1) is 13.8 Å². The summed E-state index contributed by atoms with van der Waals surface area (Å²) in [6.45, 7) is 6.55. The summed E-state index contributed by atoms with van der Waals surface area (Å²) < 4.78 is 0. The summed E-state index contributed by atoms with van der Waals surface area (Å²) in [5.74, 6) is 0.459. The number of hydrogen-bond acceptors (Lipinski definition) is 2. The molecule has 0 spiro atoms. The molecular weight excluding hydrogens is 364 g/mol. The molecule has 0 heterocycles. The number of hydrogen-bond donors (Lipinski definition) is 2. The lowest BCUT2D eigenvalue weighted by atomic mass is 9.69. The Bertz CT molecular complexity index is 1230. The summed E-state index contributed by atoms with van der Waals surface area (Å²) in [5.41, 5.74) is 21.6. The van der Waals surface area contributed by atoms with E-state index >= 15 is 0 Å². The molecule has 0 saturated heterocycles. The molecule has 4 aromatic carbocycles. The molecule has 0 aliphatic heterocycles. The Labute approximate surface area is 178 Å². The zero-order valence-electron chi connectivity index (χ0n) is 17.9. The molecule has 1 unspecified atom stereocenters. The highest BCUT2D eigenvalue weighted by Crippen LogP contribution is 2.55. The van der Waals surface area contributed by atoms with Crippen molar-refractivity contribution < 1.29 is 0 Å². The Morgan fingerprint density at radius 3 is 1.80 bits per heavy atom. The molecule has 4 aromatic rings. The first-order valence-electron chi connectivity index (χ1n) is 10.7. The number of aryl methyl sites for hydroxylation is 2. The maximum Gasteiger partial charge on any atom is 0.0460 e. The van der Waals surface area contributed by atoms with Crippen LogP contribution in [0.25, 0.3) is 10.8 Å². The van der Waals surface area contributed by atoms with E-state index in [9.17, 15) is 0 Å². The average Bonchev–Trinajstić information content (AvgIpc) is 3.03. The number of rotatable bonds is 2. The molecular formula is C28H28N2. The van der Waals surface area contributed by atoms with Crippen molar-refractivity contribution in [2.45, 2.75) is 38.5 Å². The molecule has 30 heavy (non-hydrogen) atoms. The van der Waals surface area contributed by atoms with Gasteiger partial charge in [0.25, 0.3) is 0 Å². The van der Waals surface area contributed by atoms with Crippen molar-refractivity contribution in [2.24, 2.45) is 0 Å². The lowest BCUT2D eigenvalue weighted by molar-refractivity contribution is 0.562. The van der Waals surface area contributed by atoms with Gasteiger partial charge in [-0.2, -0.15) is 0 Å². The van der Waals surface area contributed by atoms with E-state index in [0.29, 0.717) is 5.92 Å². The number of nitrogen functional groups attached to an aromatic ring is 2. The van der Waals surface area contributed by atoms with Crippen LogP contribution >= 0.6 is 0 Å². The van der Waals surface area contributed by atoms with Crippen molar-refractivity contribution in [3.63, 3.8) is 0 Å². The molecule has 2 heteroatoms. The fourth-order valence-corrected chi connectivity index (χ4v) is 5.31. The van der Waals surface area contributed by atoms with Gasteiger partial charge in [0.15, 0.2) is 0 Å². The summed E-state index contributed by atoms with van der Waals surface area (Å²) in [5, 5.41) is 2.59. The minimum absolute atomic E-state index is 0.213. The highest BCUT2D eigenvalue weighted by Gasteiger charge is 2.45. The van der Waals surface area contributed by atoms with Crippen molar-refractivity contribution in [2.75, 3.05) is 11.5 Å². The number of anilines is 2. The Morgan fingerprint density at radius 2 is 1.27 bits per heavy atom. The Balaban J connectivity index is 1.87. The topological polar surface area (TPSA) is 52.0 Å². The third-order valence-corrected chi connectivity index (χ3v) is 7.05. The molecule has 0 bridgehead atoms. The van der Waals surface area contributed by atoms with Gasteiger partial charge in [-0.15, -0.1) is 0 Å². The van der Waals surface area contributed by atoms with Crippen molar-refractivity contribution in [3.05, 3.63) is 106 Å². The summed E-state index contributed by atoms with van der Waals surface area (Å²) in [6.07, 6.45) is 1.03. The van der Waals surface area contributed by atoms with Crippen LogP contribution in [0.3, 0.4) is 0 Å². The largest absolute Gasteiger partial charge is 0.399 e. The molecule has 2 nitrogen and oxygen atoms in total. The molecule has 0 fully saturated rings. The van der Waals surface area contributed by atoms with E-state index in [0.717, 1.165) is 28.9 Å². The van der Waals surface area contributed by atoms with Gasteiger partial charge in [0.2, 0.25) is 0 Å². The Hall–Kier alpha value is -3.26. The Morgan fingerprint density at radius 1 is 0.733 bits per heavy atom. The molecule has 4 N–H and O–H groups in total.